The van der Waals surface area contributed by atoms with Gasteiger partial charge in [0, 0.05) is 6.54 Å². The summed E-state index contributed by atoms with van der Waals surface area (Å²) in [7, 11) is 0. The Labute approximate surface area is 87.5 Å². The molecule has 14 heavy (non-hydrogen) atoms. The zero-order chi connectivity index (χ0) is 10.3. The van der Waals surface area contributed by atoms with Gasteiger partial charge in [-0.1, -0.05) is 11.6 Å². The summed E-state index contributed by atoms with van der Waals surface area (Å²) in [5.41, 5.74) is 8.31. The van der Waals surface area contributed by atoms with Crippen LogP contribution in [0, 0.1) is 6.92 Å². The van der Waals surface area contributed by atoms with Crippen LogP contribution < -0.4 is 5.73 Å². The first-order valence-corrected chi connectivity index (χ1v) is 4.93. The molecule has 0 saturated carbocycles. The maximum absolute atomic E-state index is 5.92. The molecule has 2 rings (SSSR count). The summed E-state index contributed by atoms with van der Waals surface area (Å²) in [5.74, 6) is 0.990. The van der Waals surface area contributed by atoms with Crippen molar-refractivity contribution in [3.63, 3.8) is 0 Å². The number of nitrogen functional groups attached to an aromatic ring is 1. The van der Waals surface area contributed by atoms with E-state index < -0.39 is 0 Å². The smallest absolute Gasteiger partial charge is 0.106 e. The number of benzene rings is 1. The number of imidazole rings is 1. The maximum atomic E-state index is 5.92. The van der Waals surface area contributed by atoms with E-state index in [4.69, 9.17) is 17.3 Å². The minimum Gasteiger partial charge on any atom is -0.397 e. The molecule has 1 aromatic carbocycles. The van der Waals surface area contributed by atoms with Gasteiger partial charge in [0.15, 0.2) is 0 Å². The SMILES string of the molecule is CCn1c(C)nc2cc(Cl)c(N)cc21. The molecule has 3 nitrogen and oxygen atoms in total. The number of hydrogen-bond donors (Lipinski definition) is 1. The van der Waals surface area contributed by atoms with Gasteiger partial charge in [-0.05, 0) is 26.0 Å². The first-order valence-electron chi connectivity index (χ1n) is 4.55. The van der Waals surface area contributed by atoms with Crippen LogP contribution in [-0.2, 0) is 6.54 Å². The van der Waals surface area contributed by atoms with Gasteiger partial charge >= 0.3 is 0 Å². The van der Waals surface area contributed by atoms with Gasteiger partial charge in [0.1, 0.15) is 5.82 Å². The lowest BCUT2D eigenvalue weighted by Gasteiger charge is -2.02. The van der Waals surface area contributed by atoms with Crippen molar-refractivity contribution in [2.45, 2.75) is 20.4 Å². The number of nitrogens with zero attached hydrogens (tertiary/aromatic N) is 2. The van der Waals surface area contributed by atoms with Gasteiger partial charge in [-0.25, -0.2) is 4.98 Å². The summed E-state index contributed by atoms with van der Waals surface area (Å²) in [6.45, 7) is 4.95. The van der Waals surface area contributed by atoms with Crippen molar-refractivity contribution in [3.05, 3.63) is 23.0 Å². The summed E-state index contributed by atoms with van der Waals surface area (Å²) in [5, 5.41) is 0.568. The van der Waals surface area contributed by atoms with E-state index in [1.165, 1.54) is 0 Å². The van der Waals surface area contributed by atoms with Crippen molar-refractivity contribution >= 4 is 28.3 Å². The molecule has 0 atom stereocenters. The van der Waals surface area contributed by atoms with Crippen molar-refractivity contribution in [2.24, 2.45) is 0 Å². The van der Waals surface area contributed by atoms with E-state index >= 15 is 0 Å². The summed E-state index contributed by atoms with van der Waals surface area (Å²) in [6.07, 6.45) is 0. The third-order valence-electron chi connectivity index (χ3n) is 2.37. The summed E-state index contributed by atoms with van der Waals surface area (Å²) >= 11 is 5.92. The Kier molecular flexibility index (Phi) is 2.11. The Balaban J connectivity index is 2.82. The topological polar surface area (TPSA) is 43.8 Å². The largest absolute Gasteiger partial charge is 0.397 e. The quantitative estimate of drug-likeness (QED) is 0.734. The van der Waals surface area contributed by atoms with E-state index in [9.17, 15) is 0 Å². The van der Waals surface area contributed by atoms with Crippen LogP contribution in [0.25, 0.3) is 11.0 Å². The number of nitrogens with two attached hydrogens (primary N) is 1. The number of rotatable bonds is 1. The van der Waals surface area contributed by atoms with Crippen molar-refractivity contribution in [3.8, 4) is 0 Å². The minimum atomic E-state index is 0.568. The van der Waals surface area contributed by atoms with Gasteiger partial charge in [-0.2, -0.15) is 0 Å². The van der Waals surface area contributed by atoms with E-state index in [1.54, 1.807) is 0 Å². The molecule has 0 saturated heterocycles. The van der Waals surface area contributed by atoms with Crippen molar-refractivity contribution in [2.75, 3.05) is 5.73 Å². The van der Waals surface area contributed by atoms with Gasteiger partial charge in [-0.3, -0.25) is 0 Å². The number of hydrogen-bond acceptors (Lipinski definition) is 2. The highest BCUT2D eigenvalue weighted by atomic mass is 35.5. The van der Waals surface area contributed by atoms with Crippen molar-refractivity contribution in [1.29, 1.82) is 0 Å². The van der Waals surface area contributed by atoms with Gasteiger partial charge in [0.05, 0.1) is 21.7 Å². The number of halogens is 1. The summed E-state index contributed by atoms with van der Waals surface area (Å²) < 4.78 is 2.11. The van der Waals surface area contributed by atoms with Gasteiger partial charge in [0.2, 0.25) is 0 Å². The normalized spacial score (nSPS) is 11.1. The molecular formula is C10H12ClN3. The molecule has 0 unspecified atom stereocenters. The van der Waals surface area contributed by atoms with Crippen LogP contribution in [0.2, 0.25) is 5.02 Å². The standard InChI is InChI=1S/C10H12ClN3/c1-3-14-6(2)13-9-4-7(11)8(12)5-10(9)14/h4-5H,3,12H2,1-2H3. The van der Waals surface area contributed by atoms with Gasteiger partial charge in [0.25, 0.3) is 0 Å². The third-order valence-corrected chi connectivity index (χ3v) is 2.70. The fourth-order valence-corrected chi connectivity index (χ4v) is 1.84. The zero-order valence-electron chi connectivity index (χ0n) is 8.21. The second-order valence-electron chi connectivity index (χ2n) is 3.27. The monoisotopic (exact) mass is 209 g/mol. The third kappa shape index (κ3) is 1.24. The van der Waals surface area contributed by atoms with Gasteiger partial charge < -0.3 is 10.3 Å². The second kappa shape index (κ2) is 3.17. The van der Waals surface area contributed by atoms with Gasteiger partial charge in [-0.15, -0.1) is 0 Å². The molecule has 0 spiro atoms. The number of anilines is 1. The first-order chi connectivity index (χ1) is 6.63. The molecule has 0 aliphatic carbocycles. The van der Waals surface area contributed by atoms with Crippen LogP contribution in [-0.4, -0.2) is 9.55 Å². The lowest BCUT2D eigenvalue weighted by atomic mass is 10.3. The van der Waals surface area contributed by atoms with E-state index in [1.807, 2.05) is 19.1 Å². The Hall–Kier alpha value is -1.22. The molecule has 2 aromatic rings. The molecule has 0 amide bonds. The second-order valence-corrected chi connectivity index (χ2v) is 3.67. The zero-order valence-corrected chi connectivity index (χ0v) is 8.97. The predicted molar refractivity (Wildman–Crippen MR) is 59.6 cm³/mol. The molecule has 1 aromatic heterocycles. The number of fused-ring (bicyclic) bond motifs is 1. The Morgan fingerprint density at radius 3 is 2.86 bits per heavy atom. The predicted octanol–water partition coefficient (Wildman–Crippen LogP) is 2.60. The fourth-order valence-electron chi connectivity index (χ4n) is 1.68. The molecule has 0 aliphatic heterocycles. The van der Waals surface area contributed by atoms with Crippen molar-refractivity contribution < 1.29 is 0 Å². The fraction of sp³-hybridized carbons (Fsp3) is 0.300. The highest BCUT2D eigenvalue weighted by Gasteiger charge is 2.08. The lowest BCUT2D eigenvalue weighted by Crippen LogP contribution is -1.96. The highest BCUT2D eigenvalue weighted by Crippen LogP contribution is 2.26. The van der Waals surface area contributed by atoms with Crippen LogP contribution in [0.4, 0.5) is 5.69 Å². The first kappa shape index (κ1) is 9.34. The molecule has 4 heteroatoms. The molecule has 1 heterocycles. The van der Waals surface area contributed by atoms with Crippen LogP contribution in [0.1, 0.15) is 12.7 Å². The molecule has 0 fully saturated rings. The van der Waals surface area contributed by atoms with E-state index in [0.717, 1.165) is 23.4 Å². The number of aromatic nitrogens is 2. The van der Waals surface area contributed by atoms with Crippen molar-refractivity contribution in [1.82, 2.24) is 9.55 Å². The highest BCUT2D eigenvalue weighted by molar-refractivity contribution is 6.33. The van der Waals surface area contributed by atoms with E-state index in [0.29, 0.717) is 10.7 Å². The minimum absolute atomic E-state index is 0.568. The Morgan fingerprint density at radius 1 is 1.50 bits per heavy atom. The number of aryl methyl sites for hydroxylation is 2. The molecule has 0 aliphatic rings. The summed E-state index contributed by atoms with van der Waals surface area (Å²) in [6, 6.07) is 3.69. The Bertz CT molecular complexity index is 488. The molecular weight excluding hydrogens is 198 g/mol. The average Bonchev–Trinajstić information content (AvgIpc) is 2.42. The summed E-state index contributed by atoms with van der Waals surface area (Å²) in [4.78, 5) is 4.41. The van der Waals surface area contributed by atoms with Crippen LogP contribution in [0.15, 0.2) is 12.1 Å². The molecule has 0 radical (unpaired) electrons. The van der Waals surface area contributed by atoms with Crippen LogP contribution in [0.5, 0.6) is 0 Å². The van der Waals surface area contributed by atoms with Crippen LogP contribution >= 0.6 is 11.6 Å². The van der Waals surface area contributed by atoms with E-state index in [-0.39, 0.29) is 0 Å². The molecule has 2 N–H and O–H groups in total. The maximum Gasteiger partial charge on any atom is 0.106 e. The van der Waals surface area contributed by atoms with Crippen LogP contribution in [0.3, 0.4) is 0 Å². The molecule has 0 bridgehead atoms. The lowest BCUT2D eigenvalue weighted by molar-refractivity contribution is 0.753. The van der Waals surface area contributed by atoms with E-state index in [2.05, 4.69) is 16.5 Å². The Morgan fingerprint density at radius 2 is 2.21 bits per heavy atom. The average molecular weight is 210 g/mol. The molecule has 74 valence electrons.